The van der Waals surface area contributed by atoms with Crippen LogP contribution in [0.5, 0.6) is 11.5 Å². The first-order valence-electron chi connectivity index (χ1n) is 13.6. The molecule has 2 heterocycles. The van der Waals surface area contributed by atoms with Crippen LogP contribution in [-0.2, 0) is 26.0 Å². The third kappa shape index (κ3) is 6.65. The number of hydrogen-bond donors (Lipinski definition) is 1. The van der Waals surface area contributed by atoms with Crippen molar-refractivity contribution in [2.45, 2.75) is 53.2 Å². The molecule has 0 bridgehead atoms. The summed E-state index contributed by atoms with van der Waals surface area (Å²) in [6, 6.07) is 19.4. The predicted molar refractivity (Wildman–Crippen MR) is 160 cm³/mol. The van der Waals surface area contributed by atoms with E-state index < -0.39 is 0 Å². The predicted octanol–water partition coefficient (Wildman–Crippen LogP) is 7.76. The van der Waals surface area contributed by atoms with Gasteiger partial charge in [-0.25, -0.2) is 4.99 Å². The number of thiophene rings is 1. The monoisotopic (exact) mass is 556 g/mol. The van der Waals surface area contributed by atoms with Crippen molar-refractivity contribution < 1.29 is 18.7 Å². The third-order valence-corrected chi connectivity index (χ3v) is 8.64. The number of amides is 1. The van der Waals surface area contributed by atoms with Crippen molar-refractivity contribution in [3.63, 3.8) is 0 Å². The Hall–Kier alpha value is -3.84. The van der Waals surface area contributed by atoms with Crippen molar-refractivity contribution in [2.75, 3.05) is 7.11 Å². The first kappa shape index (κ1) is 27.7. The molecule has 0 radical (unpaired) electrons. The zero-order valence-electron chi connectivity index (χ0n) is 23.5. The highest BCUT2D eigenvalue weighted by Crippen LogP contribution is 2.45. The van der Waals surface area contributed by atoms with Gasteiger partial charge >= 0.3 is 0 Å². The Balaban J connectivity index is 1.31. The number of aliphatic imine (C=N–C) groups is 1. The van der Waals surface area contributed by atoms with E-state index in [1.54, 1.807) is 24.7 Å². The maximum atomic E-state index is 13.4. The van der Waals surface area contributed by atoms with Gasteiger partial charge in [0.25, 0.3) is 5.91 Å². The first-order valence-corrected chi connectivity index (χ1v) is 14.5. The number of fused-ring (bicyclic) bond motifs is 1. The number of carbonyl (C=O) groups excluding carboxylic acids is 1. The van der Waals surface area contributed by atoms with Crippen LogP contribution in [0.3, 0.4) is 0 Å². The van der Waals surface area contributed by atoms with Crippen LogP contribution in [0.25, 0.3) is 0 Å². The van der Waals surface area contributed by atoms with E-state index >= 15 is 0 Å². The van der Waals surface area contributed by atoms with Crippen molar-refractivity contribution in [1.82, 2.24) is 5.32 Å². The van der Waals surface area contributed by atoms with Crippen LogP contribution in [0.2, 0.25) is 0 Å². The van der Waals surface area contributed by atoms with Gasteiger partial charge in [-0.1, -0.05) is 32.9 Å². The summed E-state index contributed by atoms with van der Waals surface area (Å²) in [6.07, 6.45) is 6.40. The average molecular weight is 557 g/mol. The Morgan fingerprint density at radius 3 is 2.52 bits per heavy atom. The van der Waals surface area contributed by atoms with Gasteiger partial charge in [-0.15, -0.1) is 11.3 Å². The quantitative estimate of drug-likeness (QED) is 0.214. The summed E-state index contributed by atoms with van der Waals surface area (Å²) in [5.41, 5.74) is 4.09. The second-order valence-corrected chi connectivity index (χ2v) is 12.3. The Morgan fingerprint density at radius 2 is 1.85 bits per heavy atom. The van der Waals surface area contributed by atoms with E-state index in [1.165, 1.54) is 4.88 Å². The molecular formula is C33H36N2O4S. The van der Waals surface area contributed by atoms with Crippen molar-refractivity contribution in [2.24, 2.45) is 16.3 Å². The van der Waals surface area contributed by atoms with Crippen LogP contribution >= 0.6 is 11.3 Å². The number of furan rings is 1. The van der Waals surface area contributed by atoms with Gasteiger partial charge < -0.3 is 19.2 Å². The number of rotatable bonds is 9. The number of nitrogens with zero attached hydrogens (tertiary/aromatic N) is 1. The minimum Gasteiger partial charge on any atom is -0.497 e. The molecule has 6 nitrogen and oxygen atoms in total. The molecule has 5 rings (SSSR count). The van der Waals surface area contributed by atoms with Gasteiger partial charge in [0.2, 0.25) is 0 Å². The summed E-state index contributed by atoms with van der Waals surface area (Å²) >= 11 is 1.65. The molecule has 0 saturated heterocycles. The van der Waals surface area contributed by atoms with Crippen LogP contribution < -0.4 is 14.8 Å². The second-order valence-electron chi connectivity index (χ2n) is 11.2. The number of carbonyl (C=O) groups is 1. The lowest BCUT2D eigenvalue weighted by Crippen LogP contribution is -2.28. The van der Waals surface area contributed by atoms with Gasteiger partial charge in [0.05, 0.1) is 25.5 Å². The average Bonchev–Trinajstić information content (AvgIpc) is 3.61. The van der Waals surface area contributed by atoms with Gasteiger partial charge in [-0.05, 0) is 95.8 Å². The molecule has 40 heavy (non-hydrogen) atoms. The Bertz CT molecular complexity index is 1450. The van der Waals surface area contributed by atoms with Crippen molar-refractivity contribution in [1.29, 1.82) is 0 Å². The fourth-order valence-electron chi connectivity index (χ4n) is 4.98. The molecule has 7 heteroatoms. The lowest BCUT2D eigenvalue weighted by molar-refractivity contribution is 0.0947. The molecule has 1 N–H and O–H groups in total. The second kappa shape index (κ2) is 12.1. The molecule has 1 aliphatic carbocycles. The van der Waals surface area contributed by atoms with Crippen LogP contribution in [0.15, 0.2) is 76.3 Å². The van der Waals surface area contributed by atoms with E-state index in [4.69, 9.17) is 18.9 Å². The molecule has 0 spiro atoms. The van der Waals surface area contributed by atoms with Crippen LogP contribution in [0, 0.1) is 11.3 Å². The van der Waals surface area contributed by atoms with E-state index in [2.05, 4.69) is 26.1 Å². The molecule has 0 aliphatic heterocycles. The van der Waals surface area contributed by atoms with E-state index in [1.807, 2.05) is 66.9 Å². The molecule has 208 valence electrons. The summed E-state index contributed by atoms with van der Waals surface area (Å²) in [5.74, 6) is 2.82. The highest BCUT2D eigenvalue weighted by atomic mass is 32.1. The molecule has 4 aromatic rings. The first-order chi connectivity index (χ1) is 19.3. The topological polar surface area (TPSA) is 73.1 Å². The maximum absolute atomic E-state index is 13.4. The van der Waals surface area contributed by atoms with E-state index in [0.717, 1.165) is 58.2 Å². The molecule has 0 fully saturated rings. The highest BCUT2D eigenvalue weighted by molar-refractivity contribution is 7.16. The molecule has 1 amide bonds. The van der Waals surface area contributed by atoms with Crippen LogP contribution in [0.4, 0.5) is 5.00 Å². The Morgan fingerprint density at radius 1 is 1.10 bits per heavy atom. The molecular weight excluding hydrogens is 520 g/mol. The minimum absolute atomic E-state index is 0.0995. The van der Waals surface area contributed by atoms with Crippen LogP contribution in [-0.4, -0.2) is 19.2 Å². The smallest absolute Gasteiger partial charge is 0.255 e. The van der Waals surface area contributed by atoms with Crippen molar-refractivity contribution in [3.05, 3.63) is 99.8 Å². The largest absolute Gasteiger partial charge is 0.497 e. The Kier molecular flexibility index (Phi) is 8.40. The lowest BCUT2D eigenvalue weighted by atomic mass is 9.72. The van der Waals surface area contributed by atoms with Crippen LogP contribution in [0.1, 0.15) is 64.9 Å². The summed E-state index contributed by atoms with van der Waals surface area (Å²) in [6.45, 7) is 7.73. The lowest BCUT2D eigenvalue weighted by Gasteiger charge is -2.33. The zero-order chi connectivity index (χ0) is 28.1. The molecule has 2 aromatic carbocycles. The summed E-state index contributed by atoms with van der Waals surface area (Å²) in [7, 11) is 1.66. The number of nitrogens with one attached hydrogen (secondary N) is 1. The van der Waals surface area contributed by atoms with Gasteiger partial charge in [0.1, 0.15) is 28.9 Å². The maximum Gasteiger partial charge on any atom is 0.255 e. The summed E-state index contributed by atoms with van der Waals surface area (Å²) in [4.78, 5) is 19.5. The number of methoxy groups -OCH3 is 1. The Labute approximate surface area is 240 Å². The fourth-order valence-corrected chi connectivity index (χ4v) is 6.25. The number of hydrogen-bond acceptors (Lipinski definition) is 6. The molecule has 1 atom stereocenters. The standard InChI is InChI=1S/C33H36N2O4S/c1-33(2,3)24-11-16-28-29(18-24)40-32(30(28)31(36)34-20-27-6-5-17-38-27)35-19-22-7-14-26(15-8-22)39-21-23-9-12-25(37-4)13-10-23/h5-10,12-15,17,19,24H,11,16,18,20-21H2,1-4H3,(H,34,36)/t24-/m1/s1. The minimum atomic E-state index is -0.0995. The molecule has 1 aliphatic rings. The van der Waals surface area contributed by atoms with E-state index in [0.29, 0.717) is 24.6 Å². The van der Waals surface area contributed by atoms with Gasteiger partial charge in [-0.3, -0.25) is 4.79 Å². The van der Waals surface area contributed by atoms with E-state index in [9.17, 15) is 4.79 Å². The van der Waals surface area contributed by atoms with Crippen molar-refractivity contribution in [3.8, 4) is 11.5 Å². The van der Waals surface area contributed by atoms with E-state index in [-0.39, 0.29) is 11.3 Å². The summed E-state index contributed by atoms with van der Waals surface area (Å²) in [5, 5.41) is 3.80. The highest BCUT2D eigenvalue weighted by Gasteiger charge is 2.33. The number of ether oxygens (including phenoxy) is 2. The van der Waals surface area contributed by atoms with Gasteiger partial charge in [0, 0.05) is 11.1 Å². The molecule has 0 unspecified atom stereocenters. The fraction of sp³-hybridized carbons (Fsp3) is 0.333. The SMILES string of the molecule is COc1ccc(COc2ccc(C=Nc3sc4c(c3C(=O)NCc3ccco3)CC[C@@H](C(C)(C)C)C4)cc2)cc1. The third-order valence-electron chi connectivity index (χ3n) is 7.48. The molecule has 2 aromatic heterocycles. The normalized spacial score (nSPS) is 15.2. The molecule has 0 saturated carbocycles. The number of benzene rings is 2. The van der Waals surface area contributed by atoms with Gasteiger partial charge in [-0.2, -0.15) is 0 Å². The van der Waals surface area contributed by atoms with Gasteiger partial charge in [0.15, 0.2) is 0 Å². The van der Waals surface area contributed by atoms with Crippen molar-refractivity contribution >= 4 is 28.5 Å². The zero-order valence-corrected chi connectivity index (χ0v) is 24.3. The summed E-state index contributed by atoms with van der Waals surface area (Å²) < 4.78 is 16.6.